The average Bonchev–Trinajstić information content (AvgIpc) is 3.24. The van der Waals surface area contributed by atoms with Gasteiger partial charge in [0, 0.05) is 17.6 Å². The molecule has 2 amide bonds. The van der Waals surface area contributed by atoms with Gasteiger partial charge in [0.05, 0.1) is 6.42 Å². The molecular formula is C24H28ClFN2O2. The van der Waals surface area contributed by atoms with E-state index in [1.807, 2.05) is 19.1 Å². The number of carbonyl (C=O) groups excluding carboxylic acids is 2. The van der Waals surface area contributed by atoms with Gasteiger partial charge in [0.15, 0.2) is 0 Å². The third-order valence-electron chi connectivity index (χ3n) is 5.62. The Balaban J connectivity index is 1.80. The molecule has 0 aliphatic heterocycles. The summed E-state index contributed by atoms with van der Waals surface area (Å²) in [5.41, 5.74) is 1.62. The lowest BCUT2D eigenvalue weighted by Crippen LogP contribution is -2.51. The minimum atomic E-state index is -0.574. The zero-order chi connectivity index (χ0) is 21.5. The highest BCUT2D eigenvalue weighted by Gasteiger charge is 2.30. The van der Waals surface area contributed by atoms with Crippen LogP contribution in [0.4, 0.5) is 4.39 Å². The van der Waals surface area contributed by atoms with Crippen molar-refractivity contribution >= 4 is 23.4 Å². The zero-order valence-corrected chi connectivity index (χ0v) is 18.0. The van der Waals surface area contributed by atoms with Crippen molar-refractivity contribution in [3.63, 3.8) is 0 Å². The number of amides is 2. The second-order valence-corrected chi connectivity index (χ2v) is 8.30. The van der Waals surface area contributed by atoms with E-state index in [0.717, 1.165) is 36.8 Å². The van der Waals surface area contributed by atoms with Crippen LogP contribution in [0.15, 0.2) is 48.5 Å². The fourth-order valence-electron chi connectivity index (χ4n) is 3.95. The highest BCUT2D eigenvalue weighted by Crippen LogP contribution is 2.20. The molecule has 0 heterocycles. The number of rotatable bonds is 8. The van der Waals surface area contributed by atoms with Gasteiger partial charge >= 0.3 is 0 Å². The largest absolute Gasteiger partial charge is 0.352 e. The van der Waals surface area contributed by atoms with Crippen LogP contribution >= 0.6 is 11.6 Å². The van der Waals surface area contributed by atoms with Crippen molar-refractivity contribution in [3.05, 3.63) is 70.5 Å². The van der Waals surface area contributed by atoms with Gasteiger partial charge in [-0.3, -0.25) is 9.59 Å². The Morgan fingerprint density at radius 3 is 2.27 bits per heavy atom. The number of hydrogen-bond donors (Lipinski definition) is 1. The molecule has 2 aromatic carbocycles. The molecule has 0 saturated heterocycles. The fraction of sp³-hybridized carbons (Fsp3) is 0.417. The van der Waals surface area contributed by atoms with Crippen molar-refractivity contribution in [1.29, 1.82) is 0 Å². The Morgan fingerprint density at radius 2 is 1.67 bits per heavy atom. The number of carbonyl (C=O) groups is 2. The standard InChI is InChI=1S/C24H28ClFN2O2/c1-2-22(24(30)27-21-5-3-4-6-21)28(16-18-9-13-20(26)14-10-18)23(29)15-17-7-11-19(25)12-8-17/h7-14,21-22H,2-6,15-16H2,1H3,(H,27,30)/t22-/m0/s1. The van der Waals surface area contributed by atoms with Gasteiger partial charge in [-0.05, 0) is 54.7 Å². The van der Waals surface area contributed by atoms with Crippen molar-refractivity contribution in [2.24, 2.45) is 0 Å². The Labute approximate surface area is 182 Å². The van der Waals surface area contributed by atoms with E-state index in [4.69, 9.17) is 11.6 Å². The molecule has 0 aromatic heterocycles. The van der Waals surface area contributed by atoms with Crippen LogP contribution in [0.3, 0.4) is 0 Å². The summed E-state index contributed by atoms with van der Waals surface area (Å²) in [4.78, 5) is 27.9. The van der Waals surface area contributed by atoms with Crippen molar-refractivity contribution in [2.75, 3.05) is 0 Å². The zero-order valence-electron chi connectivity index (χ0n) is 17.2. The lowest BCUT2D eigenvalue weighted by atomic mass is 10.1. The van der Waals surface area contributed by atoms with Crippen LogP contribution in [-0.4, -0.2) is 28.8 Å². The van der Waals surface area contributed by atoms with Crippen LogP contribution in [-0.2, 0) is 22.6 Å². The fourth-order valence-corrected chi connectivity index (χ4v) is 4.08. The summed E-state index contributed by atoms with van der Waals surface area (Å²) >= 11 is 5.95. The molecule has 30 heavy (non-hydrogen) atoms. The molecule has 1 atom stereocenters. The first-order chi connectivity index (χ1) is 14.5. The second-order valence-electron chi connectivity index (χ2n) is 7.87. The molecule has 2 aromatic rings. The van der Waals surface area contributed by atoms with E-state index in [9.17, 15) is 14.0 Å². The van der Waals surface area contributed by atoms with Gasteiger partial charge in [-0.15, -0.1) is 0 Å². The van der Waals surface area contributed by atoms with Gasteiger partial charge in [-0.25, -0.2) is 4.39 Å². The molecule has 1 aliphatic rings. The van der Waals surface area contributed by atoms with E-state index in [2.05, 4.69) is 5.32 Å². The minimum Gasteiger partial charge on any atom is -0.352 e. The number of halogens is 2. The first-order valence-corrected chi connectivity index (χ1v) is 10.9. The van der Waals surface area contributed by atoms with Gasteiger partial charge in [0.25, 0.3) is 0 Å². The Bertz CT molecular complexity index is 849. The number of nitrogens with one attached hydrogen (secondary N) is 1. The van der Waals surface area contributed by atoms with Crippen LogP contribution in [0.25, 0.3) is 0 Å². The second kappa shape index (κ2) is 10.6. The van der Waals surface area contributed by atoms with E-state index in [-0.39, 0.29) is 36.6 Å². The smallest absolute Gasteiger partial charge is 0.243 e. The third kappa shape index (κ3) is 6.05. The molecule has 1 fully saturated rings. The van der Waals surface area contributed by atoms with Gasteiger partial charge < -0.3 is 10.2 Å². The molecule has 0 unspecified atom stereocenters. The maximum absolute atomic E-state index is 13.3. The Morgan fingerprint density at radius 1 is 1.07 bits per heavy atom. The molecule has 1 saturated carbocycles. The summed E-state index contributed by atoms with van der Waals surface area (Å²) in [5, 5.41) is 3.73. The predicted molar refractivity (Wildman–Crippen MR) is 117 cm³/mol. The number of hydrogen-bond acceptors (Lipinski definition) is 2. The number of nitrogens with zero attached hydrogens (tertiary/aromatic N) is 1. The van der Waals surface area contributed by atoms with E-state index < -0.39 is 6.04 Å². The van der Waals surface area contributed by atoms with E-state index in [1.54, 1.807) is 29.2 Å². The highest BCUT2D eigenvalue weighted by molar-refractivity contribution is 6.30. The molecular weight excluding hydrogens is 403 g/mol. The van der Waals surface area contributed by atoms with E-state index in [1.165, 1.54) is 12.1 Å². The molecule has 4 nitrogen and oxygen atoms in total. The predicted octanol–water partition coefficient (Wildman–Crippen LogP) is 4.89. The average molecular weight is 431 g/mol. The Hall–Kier alpha value is -2.40. The van der Waals surface area contributed by atoms with Crippen LogP contribution in [0.2, 0.25) is 5.02 Å². The van der Waals surface area contributed by atoms with Crippen molar-refractivity contribution in [1.82, 2.24) is 10.2 Å². The van der Waals surface area contributed by atoms with Crippen molar-refractivity contribution < 1.29 is 14.0 Å². The minimum absolute atomic E-state index is 0.115. The molecule has 6 heteroatoms. The summed E-state index contributed by atoms with van der Waals surface area (Å²) in [6.07, 6.45) is 4.89. The summed E-state index contributed by atoms with van der Waals surface area (Å²) < 4.78 is 13.3. The lowest BCUT2D eigenvalue weighted by molar-refractivity contribution is -0.141. The Kier molecular flexibility index (Phi) is 7.86. The van der Waals surface area contributed by atoms with Gasteiger partial charge in [0.2, 0.25) is 11.8 Å². The molecule has 0 spiro atoms. The summed E-state index contributed by atoms with van der Waals surface area (Å²) in [6, 6.07) is 12.8. The summed E-state index contributed by atoms with van der Waals surface area (Å²) in [6.45, 7) is 2.16. The lowest BCUT2D eigenvalue weighted by Gasteiger charge is -2.31. The van der Waals surface area contributed by atoms with Crippen molar-refractivity contribution in [3.8, 4) is 0 Å². The SMILES string of the molecule is CC[C@@H](C(=O)NC1CCCC1)N(Cc1ccc(F)cc1)C(=O)Cc1ccc(Cl)cc1. The molecule has 3 rings (SSSR count). The summed E-state index contributed by atoms with van der Waals surface area (Å²) in [7, 11) is 0. The van der Waals surface area contributed by atoms with Crippen LogP contribution in [0, 0.1) is 5.82 Å². The molecule has 1 N–H and O–H groups in total. The van der Waals surface area contributed by atoms with Gasteiger partial charge in [-0.1, -0.05) is 55.6 Å². The molecule has 0 radical (unpaired) electrons. The van der Waals surface area contributed by atoms with Crippen LogP contribution in [0.1, 0.15) is 50.2 Å². The van der Waals surface area contributed by atoms with Crippen LogP contribution in [0.5, 0.6) is 0 Å². The van der Waals surface area contributed by atoms with Gasteiger partial charge in [0.1, 0.15) is 11.9 Å². The topological polar surface area (TPSA) is 49.4 Å². The summed E-state index contributed by atoms with van der Waals surface area (Å²) in [5.74, 6) is -0.588. The maximum atomic E-state index is 13.3. The molecule has 1 aliphatic carbocycles. The monoisotopic (exact) mass is 430 g/mol. The quantitative estimate of drug-likeness (QED) is 0.648. The first kappa shape index (κ1) is 22.3. The third-order valence-corrected chi connectivity index (χ3v) is 5.87. The van der Waals surface area contributed by atoms with E-state index in [0.29, 0.717) is 11.4 Å². The van der Waals surface area contributed by atoms with Gasteiger partial charge in [-0.2, -0.15) is 0 Å². The molecule has 0 bridgehead atoms. The first-order valence-electron chi connectivity index (χ1n) is 10.5. The van der Waals surface area contributed by atoms with Crippen LogP contribution < -0.4 is 5.32 Å². The molecule has 160 valence electrons. The van der Waals surface area contributed by atoms with E-state index >= 15 is 0 Å². The van der Waals surface area contributed by atoms with Crippen molar-refractivity contribution in [2.45, 2.75) is 64.1 Å². The number of benzene rings is 2. The normalized spacial score (nSPS) is 15.0. The highest BCUT2D eigenvalue weighted by atomic mass is 35.5. The maximum Gasteiger partial charge on any atom is 0.243 e.